The Labute approximate surface area is 115 Å². The molecule has 3 rings (SSSR count). The molecule has 92 valence electrons. The van der Waals surface area contributed by atoms with Crippen LogP contribution in [-0.2, 0) is 0 Å². The van der Waals surface area contributed by atoms with E-state index in [1.807, 2.05) is 42.5 Å². The van der Waals surface area contributed by atoms with Gasteiger partial charge in [0.25, 0.3) is 0 Å². The molecule has 3 nitrogen and oxygen atoms in total. The Morgan fingerprint density at radius 3 is 2.68 bits per heavy atom. The van der Waals surface area contributed by atoms with E-state index in [0.717, 1.165) is 22.2 Å². The lowest BCUT2D eigenvalue weighted by atomic mass is 10.1. The number of rotatable bonds is 2. The minimum atomic E-state index is 0.493. The third-order valence-corrected chi connectivity index (χ3v) is 3.06. The van der Waals surface area contributed by atoms with Gasteiger partial charge in [0.1, 0.15) is 5.15 Å². The lowest BCUT2D eigenvalue weighted by Crippen LogP contribution is -1.85. The number of aliphatic imine (C=N–C) groups is 1. The van der Waals surface area contributed by atoms with Crippen molar-refractivity contribution in [3.63, 3.8) is 0 Å². The maximum absolute atomic E-state index is 6.07. The van der Waals surface area contributed by atoms with Crippen molar-refractivity contribution >= 4 is 34.3 Å². The number of fused-ring (bicyclic) bond motifs is 1. The first-order chi connectivity index (χ1) is 9.34. The topological polar surface area (TPSA) is 38.1 Å². The van der Waals surface area contributed by atoms with Crippen molar-refractivity contribution in [2.24, 2.45) is 4.99 Å². The van der Waals surface area contributed by atoms with Crippen molar-refractivity contribution in [2.45, 2.75) is 0 Å². The molecule has 0 bridgehead atoms. The fourth-order valence-corrected chi connectivity index (χ4v) is 2.08. The van der Waals surface area contributed by atoms with Crippen LogP contribution in [0, 0.1) is 0 Å². The molecule has 0 saturated carbocycles. The van der Waals surface area contributed by atoms with Crippen LogP contribution in [0.25, 0.3) is 10.8 Å². The lowest BCUT2D eigenvalue weighted by molar-refractivity contribution is 1.30. The highest BCUT2D eigenvalue weighted by Gasteiger charge is 2.02. The average molecular weight is 268 g/mol. The van der Waals surface area contributed by atoms with E-state index < -0.39 is 0 Å². The van der Waals surface area contributed by atoms with E-state index >= 15 is 0 Å². The van der Waals surface area contributed by atoms with Crippen LogP contribution in [0.15, 0.2) is 59.9 Å². The van der Waals surface area contributed by atoms with Crippen LogP contribution in [0.5, 0.6) is 0 Å². The monoisotopic (exact) mass is 267 g/mol. The fourth-order valence-electron chi connectivity index (χ4n) is 1.86. The molecule has 0 amide bonds. The van der Waals surface area contributed by atoms with Gasteiger partial charge in [0, 0.05) is 23.2 Å². The summed E-state index contributed by atoms with van der Waals surface area (Å²) < 4.78 is 0. The summed E-state index contributed by atoms with van der Waals surface area (Å²) in [5, 5.41) is 2.38. The summed E-state index contributed by atoms with van der Waals surface area (Å²) >= 11 is 6.07. The number of halogens is 1. The smallest absolute Gasteiger partial charge is 0.136 e. The molecule has 0 saturated heterocycles. The predicted molar refractivity (Wildman–Crippen MR) is 78.2 cm³/mol. The quantitative estimate of drug-likeness (QED) is 0.519. The molecule has 0 radical (unpaired) electrons. The first kappa shape index (κ1) is 11.8. The largest absolute Gasteiger partial charge is 0.255 e. The second kappa shape index (κ2) is 5.16. The molecule has 0 fully saturated rings. The van der Waals surface area contributed by atoms with Crippen LogP contribution < -0.4 is 0 Å². The number of benzene rings is 1. The minimum absolute atomic E-state index is 0.493. The van der Waals surface area contributed by atoms with Crippen molar-refractivity contribution in [1.29, 1.82) is 0 Å². The molecule has 2 heterocycles. The van der Waals surface area contributed by atoms with Gasteiger partial charge in [-0.1, -0.05) is 29.8 Å². The normalized spacial score (nSPS) is 11.2. The molecule has 0 aliphatic rings. The number of pyridine rings is 2. The van der Waals surface area contributed by atoms with Crippen LogP contribution >= 0.6 is 11.6 Å². The molecule has 0 aliphatic heterocycles. The zero-order valence-corrected chi connectivity index (χ0v) is 10.7. The summed E-state index contributed by atoms with van der Waals surface area (Å²) in [7, 11) is 0. The second-order valence-corrected chi connectivity index (χ2v) is 4.34. The zero-order chi connectivity index (χ0) is 13.1. The summed E-state index contributed by atoms with van der Waals surface area (Å²) in [6.07, 6.45) is 5.17. The number of nitrogens with zero attached hydrogens (tertiary/aromatic N) is 3. The molecule has 0 aliphatic carbocycles. The molecule has 0 atom stereocenters. The maximum atomic E-state index is 6.07. The molecule has 0 N–H and O–H groups in total. The Morgan fingerprint density at radius 2 is 1.84 bits per heavy atom. The SMILES string of the molecule is Clc1nccc2c(N=Cc3ccccn3)cccc12. The summed E-state index contributed by atoms with van der Waals surface area (Å²) in [5.41, 5.74) is 1.67. The van der Waals surface area contributed by atoms with Crippen molar-refractivity contribution in [3.8, 4) is 0 Å². The Morgan fingerprint density at radius 1 is 0.895 bits per heavy atom. The highest BCUT2D eigenvalue weighted by Crippen LogP contribution is 2.29. The van der Waals surface area contributed by atoms with Crippen LogP contribution in [-0.4, -0.2) is 16.2 Å². The molecule has 3 aromatic rings. The standard InChI is InChI=1S/C15H10ClN3/c16-15-13-5-3-6-14(12(13)7-9-18-15)19-10-11-4-1-2-8-17-11/h1-10H. The van der Waals surface area contributed by atoms with E-state index in [0.29, 0.717) is 5.15 Å². The van der Waals surface area contributed by atoms with E-state index in [1.54, 1.807) is 18.6 Å². The third kappa shape index (κ3) is 2.46. The van der Waals surface area contributed by atoms with Crippen molar-refractivity contribution < 1.29 is 0 Å². The molecular weight excluding hydrogens is 258 g/mol. The number of hydrogen-bond acceptors (Lipinski definition) is 3. The van der Waals surface area contributed by atoms with Crippen molar-refractivity contribution in [2.75, 3.05) is 0 Å². The first-order valence-electron chi connectivity index (χ1n) is 5.83. The van der Waals surface area contributed by atoms with Gasteiger partial charge in [0.15, 0.2) is 0 Å². The van der Waals surface area contributed by atoms with Gasteiger partial charge in [-0.3, -0.25) is 9.98 Å². The van der Waals surface area contributed by atoms with Crippen LogP contribution in [0.2, 0.25) is 5.15 Å². The summed E-state index contributed by atoms with van der Waals surface area (Å²) in [5.74, 6) is 0. The third-order valence-electron chi connectivity index (χ3n) is 2.76. The van der Waals surface area contributed by atoms with E-state index in [1.165, 1.54) is 0 Å². The molecule has 0 unspecified atom stereocenters. The van der Waals surface area contributed by atoms with Gasteiger partial charge in [-0.2, -0.15) is 0 Å². The molecular formula is C15H10ClN3. The van der Waals surface area contributed by atoms with Gasteiger partial charge in [0.05, 0.1) is 17.6 Å². The molecule has 19 heavy (non-hydrogen) atoms. The van der Waals surface area contributed by atoms with Gasteiger partial charge in [-0.05, 0) is 24.3 Å². The second-order valence-electron chi connectivity index (χ2n) is 3.99. The Hall–Kier alpha value is -2.26. The molecule has 4 heteroatoms. The van der Waals surface area contributed by atoms with Gasteiger partial charge >= 0.3 is 0 Å². The Kier molecular flexibility index (Phi) is 3.21. The summed E-state index contributed by atoms with van der Waals surface area (Å²) in [6.45, 7) is 0. The van der Waals surface area contributed by atoms with Gasteiger partial charge in [-0.15, -0.1) is 0 Å². The van der Waals surface area contributed by atoms with Gasteiger partial charge in [-0.25, -0.2) is 4.98 Å². The van der Waals surface area contributed by atoms with Gasteiger partial charge in [0.2, 0.25) is 0 Å². The van der Waals surface area contributed by atoms with Crippen LogP contribution in [0.3, 0.4) is 0 Å². The Bertz CT molecular complexity index is 739. The van der Waals surface area contributed by atoms with E-state index in [2.05, 4.69) is 15.0 Å². The van der Waals surface area contributed by atoms with Crippen molar-refractivity contribution in [1.82, 2.24) is 9.97 Å². The van der Waals surface area contributed by atoms with E-state index in [4.69, 9.17) is 11.6 Å². The number of aromatic nitrogens is 2. The fraction of sp³-hybridized carbons (Fsp3) is 0. The molecule has 0 spiro atoms. The lowest BCUT2D eigenvalue weighted by Gasteiger charge is -2.02. The highest BCUT2D eigenvalue weighted by atomic mass is 35.5. The average Bonchev–Trinajstić information content (AvgIpc) is 2.47. The highest BCUT2D eigenvalue weighted by molar-refractivity contribution is 6.34. The predicted octanol–water partition coefficient (Wildman–Crippen LogP) is 4.03. The minimum Gasteiger partial charge on any atom is -0.255 e. The summed E-state index contributed by atoms with van der Waals surface area (Å²) in [4.78, 5) is 12.7. The van der Waals surface area contributed by atoms with Crippen LogP contribution in [0.4, 0.5) is 5.69 Å². The first-order valence-corrected chi connectivity index (χ1v) is 6.21. The maximum Gasteiger partial charge on any atom is 0.136 e. The Balaban J connectivity index is 2.07. The number of hydrogen-bond donors (Lipinski definition) is 0. The van der Waals surface area contributed by atoms with Crippen molar-refractivity contribution in [3.05, 3.63) is 65.7 Å². The summed E-state index contributed by atoms with van der Waals surface area (Å²) in [6, 6.07) is 13.4. The van der Waals surface area contributed by atoms with E-state index in [9.17, 15) is 0 Å². The molecule has 1 aromatic carbocycles. The van der Waals surface area contributed by atoms with Crippen LogP contribution in [0.1, 0.15) is 5.69 Å². The zero-order valence-electron chi connectivity index (χ0n) is 9.99. The van der Waals surface area contributed by atoms with E-state index in [-0.39, 0.29) is 0 Å². The molecule has 2 aromatic heterocycles. The van der Waals surface area contributed by atoms with Gasteiger partial charge < -0.3 is 0 Å².